The van der Waals surface area contributed by atoms with E-state index in [2.05, 4.69) is 4.94 Å². The van der Waals surface area contributed by atoms with Crippen LogP contribution in [-0.4, -0.2) is 38.3 Å². The molecule has 0 radical (unpaired) electrons. The first-order valence-electron chi connectivity index (χ1n) is 10.4. The van der Waals surface area contributed by atoms with Gasteiger partial charge in [0.1, 0.15) is 18.5 Å². The number of hydrogen-bond acceptors (Lipinski definition) is 5. The van der Waals surface area contributed by atoms with Crippen LogP contribution in [0.4, 0.5) is 8.92 Å². The maximum absolute atomic E-state index is 14.5. The van der Waals surface area contributed by atoms with Gasteiger partial charge in [0.15, 0.2) is 17.4 Å². The zero-order chi connectivity index (χ0) is 22.5. The van der Waals surface area contributed by atoms with Crippen LogP contribution >= 0.6 is 0 Å². The van der Waals surface area contributed by atoms with Crippen LogP contribution < -0.4 is 9.47 Å². The lowest BCUT2D eigenvalue weighted by Crippen LogP contribution is -2.25. The Kier molecular flexibility index (Phi) is 7.51. The van der Waals surface area contributed by atoms with E-state index in [1.165, 1.54) is 6.07 Å². The van der Waals surface area contributed by atoms with Gasteiger partial charge in [-0.15, -0.1) is 0 Å². The molecule has 31 heavy (non-hydrogen) atoms. The molecule has 0 aromatic heterocycles. The summed E-state index contributed by atoms with van der Waals surface area (Å²) in [6.45, 7) is 8.85. The molecule has 2 aromatic carbocycles. The normalized spacial score (nSPS) is 18.2. The molecular formula is C24H30F2O5. The summed E-state index contributed by atoms with van der Waals surface area (Å²) >= 11 is 0. The molecule has 0 N–H and O–H groups in total. The SMILES string of the molecule is CC1(C)OCC(COc2ccc(C(C)(C)c3ccc(OCCCOF)c(F)c3)cc2)O1. The Balaban J connectivity index is 1.61. The average Bonchev–Trinajstić information content (AvgIpc) is 3.09. The Morgan fingerprint density at radius 1 is 1.03 bits per heavy atom. The van der Waals surface area contributed by atoms with Crippen LogP contribution in [0.25, 0.3) is 0 Å². The monoisotopic (exact) mass is 436 g/mol. The largest absolute Gasteiger partial charge is 0.491 e. The molecule has 1 fully saturated rings. The minimum Gasteiger partial charge on any atom is -0.491 e. The summed E-state index contributed by atoms with van der Waals surface area (Å²) in [7, 11) is 0. The van der Waals surface area contributed by atoms with Crippen molar-refractivity contribution in [2.45, 2.75) is 51.4 Å². The van der Waals surface area contributed by atoms with E-state index in [1.54, 1.807) is 6.07 Å². The third-order valence-electron chi connectivity index (χ3n) is 5.36. The predicted molar refractivity (Wildman–Crippen MR) is 113 cm³/mol. The molecule has 3 rings (SSSR count). The number of ether oxygens (including phenoxy) is 4. The third kappa shape index (κ3) is 6.15. The summed E-state index contributed by atoms with van der Waals surface area (Å²) in [6, 6.07) is 12.7. The van der Waals surface area contributed by atoms with Crippen LogP contribution in [0.15, 0.2) is 42.5 Å². The summed E-state index contributed by atoms with van der Waals surface area (Å²) in [6.07, 6.45) is 0.245. The van der Waals surface area contributed by atoms with Gasteiger partial charge in [-0.05, 0) is 53.8 Å². The fourth-order valence-electron chi connectivity index (χ4n) is 3.47. The summed E-state index contributed by atoms with van der Waals surface area (Å²) in [5.74, 6) is -0.141. The standard InChI is InChI=1S/C24H30F2O5/c1-23(2,18-8-11-22(21(25)14-18)27-12-5-13-30-26)17-6-9-19(10-7-17)28-15-20-16-29-24(3,4)31-20/h6-11,14,20H,5,12-13,15-16H2,1-4H3. The zero-order valence-electron chi connectivity index (χ0n) is 18.5. The van der Waals surface area contributed by atoms with E-state index >= 15 is 0 Å². The predicted octanol–water partition coefficient (Wildman–Crippen LogP) is 5.35. The van der Waals surface area contributed by atoms with Gasteiger partial charge in [-0.3, -0.25) is 0 Å². The van der Waals surface area contributed by atoms with Gasteiger partial charge in [-0.2, -0.15) is 4.94 Å². The van der Waals surface area contributed by atoms with E-state index in [-0.39, 0.29) is 25.1 Å². The average molecular weight is 436 g/mol. The molecular weight excluding hydrogens is 406 g/mol. The Labute approximate surface area is 182 Å². The molecule has 0 amide bonds. The molecule has 0 bridgehead atoms. The summed E-state index contributed by atoms with van der Waals surface area (Å²) in [5.41, 5.74) is 1.42. The minimum absolute atomic E-state index is 0.0775. The van der Waals surface area contributed by atoms with E-state index in [0.29, 0.717) is 19.6 Å². The molecule has 7 heteroatoms. The summed E-state index contributed by atoms with van der Waals surface area (Å²) in [4.78, 5) is 3.49. The number of rotatable bonds is 10. The number of hydrogen-bond donors (Lipinski definition) is 0. The van der Waals surface area contributed by atoms with Gasteiger partial charge in [-0.25, -0.2) is 4.39 Å². The van der Waals surface area contributed by atoms with Crippen LogP contribution in [0, 0.1) is 5.82 Å². The van der Waals surface area contributed by atoms with Crippen molar-refractivity contribution in [1.29, 1.82) is 0 Å². The maximum Gasteiger partial charge on any atom is 0.165 e. The number of benzene rings is 2. The topological polar surface area (TPSA) is 46.2 Å². The highest BCUT2D eigenvalue weighted by Crippen LogP contribution is 2.34. The lowest BCUT2D eigenvalue weighted by molar-refractivity contribution is -0.141. The molecule has 2 aromatic rings. The van der Waals surface area contributed by atoms with Crippen molar-refractivity contribution in [2.24, 2.45) is 0 Å². The molecule has 0 spiro atoms. The first kappa shape index (κ1) is 23.4. The molecule has 1 saturated heterocycles. The fourth-order valence-corrected chi connectivity index (χ4v) is 3.47. The number of halogens is 2. The lowest BCUT2D eigenvalue weighted by atomic mass is 9.78. The van der Waals surface area contributed by atoms with Crippen molar-refractivity contribution in [3.8, 4) is 11.5 Å². The Bertz CT molecular complexity index is 852. The van der Waals surface area contributed by atoms with E-state index in [9.17, 15) is 8.92 Å². The molecule has 0 aliphatic carbocycles. The second-order valence-corrected chi connectivity index (χ2v) is 8.57. The van der Waals surface area contributed by atoms with Gasteiger partial charge < -0.3 is 18.9 Å². The smallest absolute Gasteiger partial charge is 0.165 e. The van der Waals surface area contributed by atoms with Gasteiger partial charge in [0.2, 0.25) is 0 Å². The zero-order valence-corrected chi connectivity index (χ0v) is 18.5. The maximum atomic E-state index is 14.5. The first-order chi connectivity index (χ1) is 14.7. The Morgan fingerprint density at radius 3 is 2.35 bits per heavy atom. The van der Waals surface area contributed by atoms with Gasteiger partial charge >= 0.3 is 0 Å². The van der Waals surface area contributed by atoms with Crippen molar-refractivity contribution in [2.75, 3.05) is 26.4 Å². The van der Waals surface area contributed by atoms with Crippen LogP contribution in [0.3, 0.4) is 0 Å². The van der Waals surface area contributed by atoms with Crippen molar-refractivity contribution >= 4 is 0 Å². The van der Waals surface area contributed by atoms with Crippen LogP contribution in [-0.2, 0) is 19.8 Å². The quantitative estimate of drug-likeness (QED) is 0.470. The highest BCUT2D eigenvalue weighted by Gasteiger charge is 2.33. The van der Waals surface area contributed by atoms with Crippen molar-refractivity contribution in [1.82, 2.24) is 0 Å². The molecule has 0 saturated carbocycles. The molecule has 1 unspecified atom stereocenters. The highest BCUT2D eigenvalue weighted by molar-refractivity contribution is 5.42. The molecule has 1 heterocycles. The Morgan fingerprint density at radius 2 is 1.74 bits per heavy atom. The second kappa shape index (κ2) is 9.94. The van der Waals surface area contributed by atoms with Crippen molar-refractivity contribution in [3.05, 3.63) is 59.4 Å². The van der Waals surface area contributed by atoms with Crippen LogP contribution in [0.5, 0.6) is 11.5 Å². The highest BCUT2D eigenvalue weighted by atomic mass is 19.3. The van der Waals surface area contributed by atoms with Gasteiger partial charge in [-0.1, -0.05) is 32.0 Å². The van der Waals surface area contributed by atoms with E-state index < -0.39 is 17.0 Å². The molecule has 1 atom stereocenters. The van der Waals surface area contributed by atoms with Gasteiger partial charge in [0, 0.05) is 11.8 Å². The van der Waals surface area contributed by atoms with Crippen molar-refractivity contribution in [3.63, 3.8) is 0 Å². The van der Waals surface area contributed by atoms with E-state index in [4.69, 9.17) is 18.9 Å². The van der Waals surface area contributed by atoms with Crippen LogP contribution in [0.2, 0.25) is 0 Å². The first-order valence-corrected chi connectivity index (χ1v) is 10.4. The second-order valence-electron chi connectivity index (χ2n) is 8.57. The van der Waals surface area contributed by atoms with Gasteiger partial charge in [0.25, 0.3) is 0 Å². The van der Waals surface area contributed by atoms with Crippen molar-refractivity contribution < 1.29 is 32.8 Å². The summed E-state index contributed by atoms with van der Waals surface area (Å²) in [5, 5.41) is 0. The lowest BCUT2D eigenvalue weighted by Gasteiger charge is -2.27. The molecule has 1 aliphatic heterocycles. The Hall–Kier alpha value is -2.22. The minimum atomic E-state index is -0.569. The molecule has 1 aliphatic rings. The van der Waals surface area contributed by atoms with E-state index in [1.807, 2.05) is 58.0 Å². The van der Waals surface area contributed by atoms with E-state index in [0.717, 1.165) is 16.9 Å². The van der Waals surface area contributed by atoms with Gasteiger partial charge in [0.05, 0.1) is 19.8 Å². The molecule has 170 valence electrons. The fraction of sp³-hybridized carbons (Fsp3) is 0.500. The van der Waals surface area contributed by atoms with Crippen LogP contribution in [0.1, 0.15) is 45.2 Å². The summed E-state index contributed by atoms with van der Waals surface area (Å²) < 4.78 is 48.6. The molecule has 5 nitrogen and oxygen atoms in total. The third-order valence-corrected chi connectivity index (χ3v) is 5.36.